The summed E-state index contributed by atoms with van der Waals surface area (Å²) in [4.78, 5) is 7.94. The van der Waals surface area contributed by atoms with Gasteiger partial charge in [0.2, 0.25) is 5.82 Å². The van der Waals surface area contributed by atoms with Gasteiger partial charge in [-0.05, 0) is 36.7 Å². The molecule has 0 aliphatic rings. The number of nitrogens with two attached hydrogens (primary N) is 1. The standard InChI is InChI=1S/C19H18N4O2/c1-24-13-6-4-5-12(11-13)18-22-19(25-23-18)17-15(9-10-20)14-7-2-3-8-16(14)21-17/h2-8,11,21H,9-10,20H2,1H3. The first kappa shape index (κ1) is 15.4. The molecule has 2 heterocycles. The molecule has 0 fully saturated rings. The van der Waals surface area contributed by atoms with Gasteiger partial charge >= 0.3 is 0 Å². The Morgan fingerprint density at radius 1 is 1.16 bits per heavy atom. The molecule has 0 unspecified atom stereocenters. The molecule has 0 atom stereocenters. The van der Waals surface area contributed by atoms with Gasteiger partial charge in [0.05, 0.1) is 7.11 Å². The van der Waals surface area contributed by atoms with Gasteiger partial charge < -0.3 is 20.0 Å². The van der Waals surface area contributed by atoms with Gasteiger partial charge in [0.1, 0.15) is 11.4 Å². The van der Waals surface area contributed by atoms with Crippen LogP contribution in [0.15, 0.2) is 53.1 Å². The van der Waals surface area contributed by atoms with Crippen LogP contribution < -0.4 is 10.5 Å². The average molecular weight is 334 g/mol. The van der Waals surface area contributed by atoms with Crippen LogP contribution in [0.2, 0.25) is 0 Å². The topological polar surface area (TPSA) is 90.0 Å². The quantitative estimate of drug-likeness (QED) is 0.584. The number of nitrogens with one attached hydrogen (secondary N) is 1. The molecule has 126 valence electrons. The maximum Gasteiger partial charge on any atom is 0.274 e. The lowest BCUT2D eigenvalue weighted by Gasteiger charge is -2.00. The molecule has 0 aliphatic heterocycles. The van der Waals surface area contributed by atoms with Crippen LogP contribution in [0, 0.1) is 0 Å². The zero-order valence-corrected chi connectivity index (χ0v) is 13.8. The predicted molar refractivity (Wildman–Crippen MR) is 96.3 cm³/mol. The molecule has 2 aromatic carbocycles. The fraction of sp³-hybridized carbons (Fsp3) is 0.158. The number of hydrogen-bond acceptors (Lipinski definition) is 5. The number of aromatic amines is 1. The fourth-order valence-electron chi connectivity index (χ4n) is 2.99. The van der Waals surface area contributed by atoms with Crippen LogP contribution in [0.5, 0.6) is 5.75 Å². The molecular weight excluding hydrogens is 316 g/mol. The summed E-state index contributed by atoms with van der Waals surface area (Å²) in [6.07, 6.45) is 0.732. The molecule has 0 spiro atoms. The van der Waals surface area contributed by atoms with E-state index in [2.05, 4.69) is 21.2 Å². The van der Waals surface area contributed by atoms with E-state index in [9.17, 15) is 0 Å². The van der Waals surface area contributed by atoms with Crippen molar-refractivity contribution in [2.45, 2.75) is 6.42 Å². The Kier molecular flexibility index (Phi) is 3.95. The number of H-pyrrole nitrogens is 1. The summed E-state index contributed by atoms with van der Waals surface area (Å²) in [6.45, 7) is 0.547. The van der Waals surface area contributed by atoms with Crippen molar-refractivity contribution in [3.05, 3.63) is 54.1 Å². The second-order valence-electron chi connectivity index (χ2n) is 5.72. The summed E-state index contributed by atoms with van der Waals surface area (Å²) in [6, 6.07) is 15.7. The first-order valence-electron chi connectivity index (χ1n) is 8.08. The number of rotatable bonds is 5. The molecule has 4 aromatic rings. The Hall–Kier alpha value is -3.12. The second kappa shape index (κ2) is 6.41. The maximum absolute atomic E-state index is 5.79. The molecule has 25 heavy (non-hydrogen) atoms. The summed E-state index contributed by atoms with van der Waals surface area (Å²) in [7, 11) is 1.63. The van der Waals surface area contributed by atoms with Crippen LogP contribution in [-0.2, 0) is 6.42 Å². The molecule has 6 heteroatoms. The molecule has 0 aliphatic carbocycles. The lowest BCUT2D eigenvalue weighted by atomic mass is 10.1. The van der Waals surface area contributed by atoms with E-state index in [0.717, 1.165) is 39.9 Å². The minimum atomic E-state index is 0.456. The van der Waals surface area contributed by atoms with E-state index >= 15 is 0 Å². The highest BCUT2D eigenvalue weighted by Gasteiger charge is 2.18. The van der Waals surface area contributed by atoms with E-state index in [1.54, 1.807) is 7.11 Å². The van der Waals surface area contributed by atoms with Crippen LogP contribution in [0.25, 0.3) is 33.9 Å². The molecule has 6 nitrogen and oxygen atoms in total. The third kappa shape index (κ3) is 2.77. The van der Waals surface area contributed by atoms with Gasteiger partial charge in [-0.1, -0.05) is 35.5 Å². The van der Waals surface area contributed by atoms with E-state index in [1.165, 1.54) is 0 Å². The second-order valence-corrected chi connectivity index (χ2v) is 5.72. The van der Waals surface area contributed by atoms with Crippen LogP contribution in [0.4, 0.5) is 0 Å². The Bertz CT molecular complexity index is 1020. The highest BCUT2D eigenvalue weighted by atomic mass is 16.5. The monoisotopic (exact) mass is 334 g/mol. The molecule has 0 bridgehead atoms. The van der Waals surface area contributed by atoms with Crippen molar-refractivity contribution in [3.63, 3.8) is 0 Å². The van der Waals surface area contributed by atoms with Gasteiger partial charge in [-0.15, -0.1) is 0 Å². The smallest absolute Gasteiger partial charge is 0.274 e. The average Bonchev–Trinajstić information content (AvgIpc) is 3.27. The third-order valence-electron chi connectivity index (χ3n) is 4.18. The first-order chi connectivity index (χ1) is 12.3. The molecule has 3 N–H and O–H groups in total. The van der Waals surface area contributed by atoms with Crippen molar-refractivity contribution in [2.24, 2.45) is 5.73 Å². The number of ether oxygens (including phenoxy) is 1. The van der Waals surface area contributed by atoms with E-state index < -0.39 is 0 Å². The highest BCUT2D eigenvalue weighted by molar-refractivity contribution is 5.89. The van der Waals surface area contributed by atoms with Gasteiger partial charge in [-0.25, -0.2) is 0 Å². The van der Waals surface area contributed by atoms with E-state index in [4.69, 9.17) is 15.0 Å². The van der Waals surface area contributed by atoms with Crippen molar-refractivity contribution in [2.75, 3.05) is 13.7 Å². The number of benzene rings is 2. The molecule has 0 radical (unpaired) electrons. The van der Waals surface area contributed by atoms with Gasteiger partial charge in [-0.3, -0.25) is 0 Å². The number of fused-ring (bicyclic) bond motifs is 1. The predicted octanol–water partition coefficient (Wildman–Crippen LogP) is 3.39. The SMILES string of the molecule is COc1cccc(-c2noc(-c3[nH]c4ccccc4c3CCN)n2)c1. The molecule has 0 amide bonds. The Balaban J connectivity index is 1.79. The van der Waals surface area contributed by atoms with E-state index in [-0.39, 0.29) is 0 Å². The van der Waals surface area contributed by atoms with Crippen LogP contribution >= 0.6 is 0 Å². The third-order valence-corrected chi connectivity index (χ3v) is 4.18. The lowest BCUT2D eigenvalue weighted by molar-refractivity contribution is 0.414. The summed E-state index contributed by atoms with van der Waals surface area (Å²) in [5, 5.41) is 5.25. The van der Waals surface area contributed by atoms with Gasteiger partial charge in [0, 0.05) is 16.5 Å². The first-order valence-corrected chi connectivity index (χ1v) is 8.08. The molecule has 4 rings (SSSR count). The normalized spacial score (nSPS) is 11.1. The summed E-state index contributed by atoms with van der Waals surface area (Å²) < 4.78 is 10.8. The van der Waals surface area contributed by atoms with Gasteiger partial charge in [0.25, 0.3) is 5.89 Å². The largest absolute Gasteiger partial charge is 0.497 e. The molecular formula is C19H18N4O2. The summed E-state index contributed by atoms with van der Waals surface area (Å²) in [5.74, 6) is 1.72. The van der Waals surface area contributed by atoms with E-state index in [0.29, 0.717) is 18.3 Å². The molecule has 0 saturated heterocycles. The summed E-state index contributed by atoms with van der Waals surface area (Å²) >= 11 is 0. The zero-order chi connectivity index (χ0) is 17.2. The Labute approximate surface area is 144 Å². The van der Waals surface area contributed by atoms with Gasteiger partial charge in [0.15, 0.2) is 0 Å². The Morgan fingerprint density at radius 2 is 2.04 bits per heavy atom. The van der Waals surface area contributed by atoms with Crippen LogP contribution in [0.1, 0.15) is 5.56 Å². The van der Waals surface area contributed by atoms with Crippen molar-refractivity contribution in [1.82, 2.24) is 15.1 Å². The molecule has 2 aromatic heterocycles. The fourth-order valence-corrected chi connectivity index (χ4v) is 2.99. The van der Waals surface area contributed by atoms with E-state index in [1.807, 2.05) is 42.5 Å². The number of hydrogen-bond donors (Lipinski definition) is 2. The van der Waals surface area contributed by atoms with Gasteiger partial charge in [-0.2, -0.15) is 4.98 Å². The van der Waals surface area contributed by atoms with Crippen molar-refractivity contribution >= 4 is 10.9 Å². The lowest BCUT2D eigenvalue weighted by Crippen LogP contribution is -2.03. The number of aromatic nitrogens is 3. The number of methoxy groups -OCH3 is 1. The minimum absolute atomic E-state index is 0.456. The van der Waals surface area contributed by atoms with Crippen molar-refractivity contribution in [1.29, 1.82) is 0 Å². The van der Waals surface area contributed by atoms with Crippen molar-refractivity contribution in [3.8, 4) is 28.7 Å². The zero-order valence-electron chi connectivity index (χ0n) is 13.8. The van der Waals surface area contributed by atoms with Crippen LogP contribution in [0.3, 0.4) is 0 Å². The van der Waals surface area contributed by atoms with Crippen LogP contribution in [-0.4, -0.2) is 28.8 Å². The van der Waals surface area contributed by atoms with Crippen molar-refractivity contribution < 1.29 is 9.26 Å². The highest BCUT2D eigenvalue weighted by Crippen LogP contribution is 2.31. The maximum atomic E-state index is 5.79. The number of para-hydroxylation sites is 1. The number of nitrogens with zero attached hydrogens (tertiary/aromatic N) is 2. The summed E-state index contributed by atoms with van der Waals surface area (Å²) in [5.41, 5.74) is 9.58. The molecule has 0 saturated carbocycles. The minimum Gasteiger partial charge on any atom is -0.497 e. The Morgan fingerprint density at radius 3 is 2.88 bits per heavy atom.